The summed E-state index contributed by atoms with van der Waals surface area (Å²) in [6.45, 7) is 3.00. The van der Waals surface area contributed by atoms with Gasteiger partial charge in [-0.2, -0.15) is 0 Å². The van der Waals surface area contributed by atoms with Crippen LogP contribution in [0.5, 0.6) is 0 Å². The average molecular weight is 248 g/mol. The standard InChI is InChI=1S/C10H18BrNO/c1-8-4-2-5-9(8)10(13)12-7-3-6-11/h8-9H,2-7H2,1H3,(H,12,13). The number of amides is 1. The Balaban J connectivity index is 2.22. The highest BCUT2D eigenvalue weighted by atomic mass is 79.9. The minimum Gasteiger partial charge on any atom is -0.356 e. The Morgan fingerprint density at radius 1 is 1.54 bits per heavy atom. The van der Waals surface area contributed by atoms with Crippen molar-refractivity contribution in [1.82, 2.24) is 5.32 Å². The molecule has 1 saturated carbocycles. The molecule has 1 aliphatic carbocycles. The molecule has 0 radical (unpaired) electrons. The second kappa shape index (κ2) is 5.63. The van der Waals surface area contributed by atoms with Crippen LogP contribution in [0, 0.1) is 11.8 Å². The molecule has 0 aromatic rings. The number of carbonyl (C=O) groups excluding carboxylic acids is 1. The summed E-state index contributed by atoms with van der Waals surface area (Å²) in [5, 5.41) is 3.95. The molecule has 0 bridgehead atoms. The van der Waals surface area contributed by atoms with Crippen LogP contribution in [0.25, 0.3) is 0 Å². The number of rotatable bonds is 4. The van der Waals surface area contributed by atoms with Gasteiger partial charge in [0.2, 0.25) is 5.91 Å². The van der Waals surface area contributed by atoms with Crippen LogP contribution >= 0.6 is 15.9 Å². The molecule has 1 fully saturated rings. The molecule has 0 aromatic heterocycles. The van der Waals surface area contributed by atoms with E-state index in [0.29, 0.717) is 5.92 Å². The first-order valence-corrected chi connectivity index (χ1v) is 6.21. The molecule has 2 unspecified atom stereocenters. The van der Waals surface area contributed by atoms with Crippen LogP contribution in [-0.2, 0) is 4.79 Å². The number of nitrogens with one attached hydrogen (secondary N) is 1. The molecule has 13 heavy (non-hydrogen) atoms. The van der Waals surface area contributed by atoms with Crippen molar-refractivity contribution in [3.05, 3.63) is 0 Å². The van der Waals surface area contributed by atoms with E-state index in [2.05, 4.69) is 28.2 Å². The Morgan fingerprint density at radius 2 is 2.31 bits per heavy atom. The molecule has 2 atom stereocenters. The first-order chi connectivity index (χ1) is 6.25. The molecule has 2 nitrogen and oxygen atoms in total. The van der Waals surface area contributed by atoms with E-state index in [9.17, 15) is 4.79 Å². The molecule has 0 saturated heterocycles. The molecule has 0 heterocycles. The lowest BCUT2D eigenvalue weighted by atomic mass is 9.97. The van der Waals surface area contributed by atoms with Gasteiger partial charge in [0.25, 0.3) is 0 Å². The summed E-state index contributed by atoms with van der Waals surface area (Å²) in [5.74, 6) is 1.14. The number of halogens is 1. The third-order valence-corrected chi connectivity index (χ3v) is 3.37. The SMILES string of the molecule is CC1CCCC1C(=O)NCCCBr. The lowest BCUT2D eigenvalue weighted by molar-refractivity contribution is -0.125. The summed E-state index contributed by atoms with van der Waals surface area (Å²) in [4.78, 5) is 11.6. The zero-order chi connectivity index (χ0) is 9.68. The minimum absolute atomic E-state index is 0.269. The molecule has 1 amide bonds. The van der Waals surface area contributed by atoms with Crippen molar-refractivity contribution in [3.63, 3.8) is 0 Å². The van der Waals surface area contributed by atoms with Crippen LogP contribution in [0.2, 0.25) is 0 Å². The van der Waals surface area contributed by atoms with E-state index in [1.54, 1.807) is 0 Å². The summed E-state index contributed by atoms with van der Waals surface area (Å²) < 4.78 is 0. The largest absolute Gasteiger partial charge is 0.356 e. The highest BCUT2D eigenvalue weighted by molar-refractivity contribution is 9.09. The molecule has 1 N–H and O–H groups in total. The van der Waals surface area contributed by atoms with Gasteiger partial charge in [0.1, 0.15) is 0 Å². The van der Waals surface area contributed by atoms with Crippen molar-refractivity contribution >= 4 is 21.8 Å². The highest BCUT2D eigenvalue weighted by Gasteiger charge is 2.28. The van der Waals surface area contributed by atoms with Crippen molar-refractivity contribution in [2.45, 2.75) is 32.6 Å². The predicted molar refractivity (Wildman–Crippen MR) is 57.9 cm³/mol. The Bertz CT molecular complexity index is 172. The fourth-order valence-electron chi connectivity index (χ4n) is 1.94. The van der Waals surface area contributed by atoms with E-state index in [1.807, 2.05) is 0 Å². The van der Waals surface area contributed by atoms with E-state index in [-0.39, 0.29) is 11.8 Å². The number of hydrogen-bond acceptors (Lipinski definition) is 1. The molecule has 1 rings (SSSR count). The van der Waals surface area contributed by atoms with E-state index in [0.717, 1.165) is 24.7 Å². The van der Waals surface area contributed by atoms with Gasteiger partial charge in [-0.1, -0.05) is 29.3 Å². The van der Waals surface area contributed by atoms with Crippen LogP contribution in [0.3, 0.4) is 0 Å². The summed E-state index contributed by atoms with van der Waals surface area (Å²) in [6, 6.07) is 0. The Hall–Kier alpha value is -0.0500. The molecule has 76 valence electrons. The van der Waals surface area contributed by atoms with Gasteiger partial charge in [-0.25, -0.2) is 0 Å². The zero-order valence-corrected chi connectivity index (χ0v) is 9.77. The predicted octanol–water partition coefficient (Wildman–Crippen LogP) is 2.32. The van der Waals surface area contributed by atoms with Gasteiger partial charge in [0, 0.05) is 17.8 Å². The van der Waals surface area contributed by atoms with Gasteiger partial charge in [-0.15, -0.1) is 0 Å². The van der Waals surface area contributed by atoms with Gasteiger partial charge in [0.05, 0.1) is 0 Å². The molecular weight excluding hydrogens is 230 g/mol. The number of carbonyl (C=O) groups is 1. The Kier molecular flexibility index (Phi) is 4.78. The summed E-state index contributed by atoms with van der Waals surface area (Å²) >= 11 is 3.34. The van der Waals surface area contributed by atoms with E-state index in [1.165, 1.54) is 12.8 Å². The molecule has 0 spiro atoms. The summed E-state index contributed by atoms with van der Waals surface area (Å²) in [7, 11) is 0. The zero-order valence-electron chi connectivity index (χ0n) is 8.18. The van der Waals surface area contributed by atoms with Crippen LogP contribution in [-0.4, -0.2) is 17.8 Å². The molecule has 0 aromatic carbocycles. The topological polar surface area (TPSA) is 29.1 Å². The van der Waals surface area contributed by atoms with Gasteiger partial charge in [-0.3, -0.25) is 4.79 Å². The molecule has 1 aliphatic rings. The Labute approximate surface area is 88.6 Å². The minimum atomic E-state index is 0.269. The van der Waals surface area contributed by atoms with Crippen molar-refractivity contribution in [2.24, 2.45) is 11.8 Å². The maximum Gasteiger partial charge on any atom is 0.223 e. The van der Waals surface area contributed by atoms with Crippen LogP contribution in [0.15, 0.2) is 0 Å². The normalized spacial score (nSPS) is 27.5. The summed E-state index contributed by atoms with van der Waals surface area (Å²) in [5.41, 5.74) is 0. The van der Waals surface area contributed by atoms with Crippen LogP contribution in [0.4, 0.5) is 0 Å². The fraction of sp³-hybridized carbons (Fsp3) is 0.900. The fourth-order valence-corrected chi connectivity index (χ4v) is 2.22. The van der Waals surface area contributed by atoms with Crippen molar-refractivity contribution in [1.29, 1.82) is 0 Å². The maximum atomic E-state index is 11.6. The van der Waals surface area contributed by atoms with Crippen LogP contribution < -0.4 is 5.32 Å². The van der Waals surface area contributed by atoms with Crippen molar-refractivity contribution < 1.29 is 4.79 Å². The Morgan fingerprint density at radius 3 is 2.85 bits per heavy atom. The van der Waals surface area contributed by atoms with Gasteiger partial charge < -0.3 is 5.32 Å². The smallest absolute Gasteiger partial charge is 0.223 e. The third kappa shape index (κ3) is 3.29. The second-order valence-electron chi connectivity index (χ2n) is 3.85. The third-order valence-electron chi connectivity index (χ3n) is 2.81. The second-order valence-corrected chi connectivity index (χ2v) is 4.64. The molecule has 3 heteroatoms. The average Bonchev–Trinajstić information content (AvgIpc) is 2.52. The number of hydrogen-bond donors (Lipinski definition) is 1. The lowest BCUT2D eigenvalue weighted by Gasteiger charge is -2.14. The van der Waals surface area contributed by atoms with E-state index in [4.69, 9.17) is 0 Å². The first kappa shape index (κ1) is 11.0. The monoisotopic (exact) mass is 247 g/mol. The highest BCUT2D eigenvalue weighted by Crippen LogP contribution is 2.30. The molecule has 0 aliphatic heterocycles. The maximum absolute atomic E-state index is 11.6. The van der Waals surface area contributed by atoms with Crippen LogP contribution in [0.1, 0.15) is 32.6 Å². The van der Waals surface area contributed by atoms with Crippen molar-refractivity contribution in [3.8, 4) is 0 Å². The lowest BCUT2D eigenvalue weighted by Crippen LogP contribution is -2.32. The quantitative estimate of drug-likeness (QED) is 0.600. The van der Waals surface area contributed by atoms with Crippen molar-refractivity contribution in [2.75, 3.05) is 11.9 Å². The van der Waals surface area contributed by atoms with E-state index < -0.39 is 0 Å². The number of alkyl halides is 1. The summed E-state index contributed by atoms with van der Waals surface area (Å²) in [6.07, 6.45) is 4.54. The molecular formula is C10H18BrNO. The van der Waals surface area contributed by atoms with E-state index >= 15 is 0 Å². The van der Waals surface area contributed by atoms with Gasteiger partial charge in [-0.05, 0) is 25.2 Å². The van der Waals surface area contributed by atoms with Gasteiger partial charge in [0.15, 0.2) is 0 Å². The first-order valence-electron chi connectivity index (χ1n) is 5.09. The van der Waals surface area contributed by atoms with Gasteiger partial charge >= 0.3 is 0 Å².